The Kier molecular flexibility index (Phi) is 1.98. The van der Waals surface area contributed by atoms with Gasteiger partial charge in [-0.05, 0) is 12.1 Å². The van der Waals surface area contributed by atoms with E-state index in [1.54, 1.807) is 12.1 Å². The van der Waals surface area contributed by atoms with Gasteiger partial charge in [0, 0.05) is 6.42 Å². The second-order valence-electron chi connectivity index (χ2n) is 2.79. The first kappa shape index (κ1) is 8.19. The fraction of sp³-hybridized carbons (Fsp3) is 0.222. The standard InChI is InChI=1S/C9H9FN2O/c10-6-2-1-3-7-9(6)12-8(11-7)4-5-13/h1-3,13H,4-5H2,(H,11,12). The Morgan fingerprint density at radius 3 is 3.00 bits per heavy atom. The van der Waals surface area contributed by atoms with E-state index in [1.807, 2.05) is 0 Å². The van der Waals surface area contributed by atoms with E-state index in [-0.39, 0.29) is 12.4 Å². The van der Waals surface area contributed by atoms with Crippen LogP contribution in [0.25, 0.3) is 11.0 Å². The number of benzene rings is 1. The molecule has 0 unspecified atom stereocenters. The Bertz CT molecular complexity index is 424. The lowest BCUT2D eigenvalue weighted by atomic mass is 10.3. The van der Waals surface area contributed by atoms with Crippen LogP contribution in [0, 0.1) is 5.82 Å². The van der Waals surface area contributed by atoms with Crippen LogP contribution in [-0.2, 0) is 6.42 Å². The zero-order valence-corrected chi connectivity index (χ0v) is 6.92. The summed E-state index contributed by atoms with van der Waals surface area (Å²) in [5, 5.41) is 8.66. The molecular weight excluding hydrogens is 171 g/mol. The van der Waals surface area contributed by atoms with Crippen molar-refractivity contribution in [3.05, 3.63) is 29.8 Å². The third-order valence-electron chi connectivity index (χ3n) is 1.86. The fourth-order valence-electron chi connectivity index (χ4n) is 1.27. The molecule has 1 heterocycles. The molecule has 0 aliphatic rings. The number of aromatic amines is 1. The van der Waals surface area contributed by atoms with Crippen LogP contribution in [0.2, 0.25) is 0 Å². The van der Waals surface area contributed by atoms with Crippen LogP contribution in [0.15, 0.2) is 18.2 Å². The average molecular weight is 180 g/mol. The molecule has 13 heavy (non-hydrogen) atoms. The highest BCUT2D eigenvalue weighted by molar-refractivity contribution is 5.75. The van der Waals surface area contributed by atoms with Crippen LogP contribution in [0.3, 0.4) is 0 Å². The van der Waals surface area contributed by atoms with Crippen LogP contribution < -0.4 is 0 Å². The molecule has 1 aromatic heterocycles. The molecule has 2 N–H and O–H groups in total. The van der Waals surface area contributed by atoms with Gasteiger partial charge in [-0.3, -0.25) is 0 Å². The molecule has 0 saturated carbocycles. The van der Waals surface area contributed by atoms with Crippen molar-refractivity contribution in [3.63, 3.8) is 0 Å². The predicted molar refractivity (Wildman–Crippen MR) is 46.8 cm³/mol. The molecule has 0 fully saturated rings. The maximum atomic E-state index is 13.1. The van der Waals surface area contributed by atoms with Crippen molar-refractivity contribution < 1.29 is 9.50 Å². The molecule has 0 radical (unpaired) electrons. The molecule has 0 aliphatic heterocycles. The Morgan fingerprint density at radius 2 is 2.31 bits per heavy atom. The highest BCUT2D eigenvalue weighted by atomic mass is 19.1. The van der Waals surface area contributed by atoms with Crippen molar-refractivity contribution in [1.82, 2.24) is 9.97 Å². The number of hydrogen-bond acceptors (Lipinski definition) is 2. The van der Waals surface area contributed by atoms with E-state index in [0.717, 1.165) is 0 Å². The van der Waals surface area contributed by atoms with Crippen molar-refractivity contribution in [2.75, 3.05) is 6.61 Å². The lowest BCUT2D eigenvalue weighted by molar-refractivity contribution is 0.297. The van der Waals surface area contributed by atoms with Crippen molar-refractivity contribution in [3.8, 4) is 0 Å². The summed E-state index contributed by atoms with van der Waals surface area (Å²) < 4.78 is 13.1. The molecular formula is C9H9FN2O. The molecule has 0 saturated heterocycles. The minimum atomic E-state index is -0.335. The van der Waals surface area contributed by atoms with Crippen LogP contribution in [0.1, 0.15) is 5.82 Å². The molecule has 0 bridgehead atoms. The summed E-state index contributed by atoms with van der Waals surface area (Å²) in [4.78, 5) is 6.94. The first-order chi connectivity index (χ1) is 6.31. The lowest BCUT2D eigenvalue weighted by Crippen LogP contribution is -1.91. The van der Waals surface area contributed by atoms with Gasteiger partial charge in [-0.15, -0.1) is 0 Å². The normalized spacial score (nSPS) is 10.9. The smallest absolute Gasteiger partial charge is 0.151 e. The average Bonchev–Trinajstić information content (AvgIpc) is 2.49. The molecule has 0 atom stereocenters. The number of para-hydroxylation sites is 1. The zero-order valence-electron chi connectivity index (χ0n) is 6.92. The molecule has 68 valence electrons. The van der Waals surface area contributed by atoms with E-state index in [4.69, 9.17) is 5.11 Å². The Labute approximate surface area is 74.2 Å². The van der Waals surface area contributed by atoms with Gasteiger partial charge in [-0.2, -0.15) is 0 Å². The molecule has 0 aliphatic carbocycles. The second-order valence-corrected chi connectivity index (χ2v) is 2.79. The van der Waals surface area contributed by atoms with E-state index in [1.165, 1.54) is 6.07 Å². The largest absolute Gasteiger partial charge is 0.396 e. The molecule has 0 amide bonds. The highest BCUT2D eigenvalue weighted by Crippen LogP contribution is 2.14. The molecule has 3 nitrogen and oxygen atoms in total. The fourth-order valence-corrected chi connectivity index (χ4v) is 1.27. The van der Waals surface area contributed by atoms with E-state index in [0.29, 0.717) is 23.3 Å². The van der Waals surface area contributed by atoms with Gasteiger partial charge in [0.25, 0.3) is 0 Å². The maximum absolute atomic E-state index is 13.1. The molecule has 2 rings (SSSR count). The van der Waals surface area contributed by atoms with E-state index in [9.17, 15) is 4.39 Å². The summed E-state index contributed by atoms with van der Waals surface area (Å²) in [6.45, 7) is 0.0153. The SMILES string of the molecule is OCCc1nc2c(F)cccc2[nH]1. The van der Waals surface area contributed by atoms with E-state index in [2.05, 4.69) is 9.97 Å². The van der Waals surface area contributed by atoms with Crippen molar-refractivity contribution in [2.24, 2.45) is 0 Å². The van der Waals surface area contributed by atoms with Crippen LogP contribution in [0.4, 0.5) is 4.39 Å². The summed E-state index contributed by atoms with van der Waals surface area (Å²) in [5.41, 5.74) is 1.01. The number of H-pyrrole nitrogens is 1. The first-order valence-corrected chi connectivity index (χ1v) is 4.05. The third-order valence-corrected chi connectivity index (χ3v) is 1.86. The van der Waals surface area contributed by atoms with Gasteiger partial charge < -0.3 is 10.1 Å². The molecule has 2 aromatic rings. The van der Waals surface area contributed by atoms with Crippen molar-refractivity contribution in [2.45, 2.75) is 6.42 Å². The van der Waals surface area contributed by atoms with Crippen molar-refractivity contribution >= 4 is 11.0 Å². The number of rotatable bonds is 2. The highest BCUT2D eigenvalue weighted by Gasteiger charge is 2.05. The summed E-state index contributed by atoms with van der Waals surface area (Å²) in [7, 11) is 0. The van der Waals surface area contributed by atoms with Gasteiger partial charge in [0.2, 0.25) is 0 Å². The van der Waals surface area contributed by atoms with Crippen molar-refractivity contribution in [1.29, 1.82) is 0 Å². The summed E-state index contributed by atoms with van der Waals surface area (Å²) >= 11 is 0. The van der Waals surface area contributed by atoms with Crippen LogP contribution in [-0.4, -0.2) is 21.7 Å². The molecule has 0 spiro atoms. The number of aliphatic hydroxyl groups excluding tert-OH is 1. The number of aromatic nitrogens is 2. The van der Waals surface area contributed by atoms with Gasteiger partial charge in [-0.1, -0.05) is 6.07 Å². The van der Waals surface area contributed by atoms with Gasteiger partial charge >= 0.3 is 0 Å². The number of hydrogen-bond donors (Lipinski definition) is 2. The molecule has 4 heteroatoms. The third kappa shape index (κ3) is 1.40. The number of imidazole rings is 1. The number of aliphatic hydroxyl groups is 1. The quantitative estimate of drug-likeness (QED) is 0.730. The molecule has 1 aromatic carbocycles. The number of nitrogens with one attached hydrogen (secondary N) is 1. The topological polar surface area (TPSA) is 48.9 Å². The predicted octanol–water partition coefficient (Wildman–Crippen LogP) is 1.24. The Hall–Kier alpha value is -1.42. The number of nitrogens with zero attached hydrogens (tertiary/aromatic N) is 1. The zero-order chi connectivity index (χ0) is 9.26. The maximum Gasteiger partial charge on any atom is 0.151 e. The first-order valence-electron chi connectivity index (χ1n) is 4.05. The van der Waals surface area contributed by atoms with Crippen LogP contribution >= 0.6 is 0 Å². The number of halogens is 1. The summed E-state index contributed by atoms with van der Waals surface area (Å²) in [6.07, 6.45) is 0.425. The Balaban J connectivity index is 2.55. The second kappa shape index (κ2) is 3.14. The monoisotopic (exact) mass is 180 g/mol. The van der Waals surface area contributed by atoms with Gasteiger partial charge in [0.1, 0.15) is 11.3 Å². The minimum Gasteiger partial charge on any atom is -0.396 e. The van der Waals surface area contributed by atoms with Gasteiger partial charge in [0.05, 0.1) is 12.1 Å². The number of fused-ring (bicyclic) bond motifs is 1. The summed E-state index contributed by atoms with van der Waals surface area (Å²) in [6, 6.07) is 4.75. The minimum absolute atomic E-state index is 0.0153. The summed E-state index contributed by atoms with van der Waals surface area (Å²) in [5.74, 6) is 0.278. The lowest BCUT2D eigenvalue weighted by Gasteiger charge is -1.86. The van der Waals surface area contributed by atoms with Crippen LogP contribution in [0.5, 0.6) is 0 Å². The van der Waals surface area contributed by atoms with Gasteiger partial charge in [0.15, 0.2) is 5.82 Å². The van der Waals surface area contributed by atoms with E-state index < -0.39 is 0 Å². The Morgan fingerprint density at radius 1 is 1.46 bits per heavy atom. The van der Waals surface area contributed by atoms with E-state index >= 15 is 0 Å². The van der Waals surface area contributed by atoms with Gasteiger partial charge in [-0.25, -0.2) is 9.37 Å².